The molecule has 2 aromatic rings. The predicted octanol–water partition coefficient (Wildman–Crippen LogP) is 1.84. The molecule has 0 saturated carbocycles. The van der Waals surface area contributed by atoms with E-state index >= 15 is 0 Å². The van der Waals surface area contributed by atoms with Crippen molar-refractivity contribution in [2.24, 2.45) is 5.10 Å². The minimum atomic E-state index is -1.24. The molecule has 0 heterocycles. The maximum Gasteiger partial charge on any atom is 0.273 e. The lowest BCUT2D eigenvalue weighted by Gasteiger charge is -2.09. The van der Waals surface area contributed by atoms with Crippen LogP contribution in [-0.4, -0.2) is 16.7 Å². The summed E-state index contributed by atoms with van der Waals surface area (Å²) in [6.45, 7) is 1.76. The molecule has 0 radical (unpaired) electrons. The molecule has 5 nitrogen and oxygen atoms in total. The number of hydrogen-bond donors (Lipinski definition) is 3. The molecule has 2 aromatic carbocycles. The zero-order valence-electron chi connectivity index (χ0n) is 11.7. The molecule has 0 fully saturated rings. The highest BCUT2D eigenvalue weighted by Gasteiger charge is 2.16. The van der Waals surface area contributed by atoms with Gasteiger partial charge in [0.1, 0.15) is 0 Å². The van der Waals surface area contributed by atoms with Crippen molar-refractivity contribution in [1.82, 2.24) is 5.43 Å². The lowest BCUT2D eigenvalue weighted by atomic mass is 10.1. The molecular weight excluding hydrogens is 266 g/mol. The van der Waals surface area contributed by atoms with Crippen LogP contribution in [0.3, 0.4) is 0 Å². The van der Waals surface area contributed by atoms with Crippen molar-refractivity contribution in [2.75, 3.05) is 5.73 Å². The average Bonchev–Trinajstić information content (AvgIpc) is 2.53. The molecule has 1 amide bonds. The van der Waals surface area contributed by atoms with Gasteiger partial charge in [0, 0.05) is 5.69 Å². The predicted molar refractivity (Wildman–Crippen MR) is 82.6 cm³/mol. The first kappa shape index (κ1) is 14.7. The summed E-state index contributed by atoms with van der Waals surface area (Å²) in [4.78, 5) is 11.8. The molecule has 1 atom stereocenters. The second kappa shape index (κ2) is 6.67. The van der Waals surface area contributed by atoms with Crippen molar-refractivity contribution in [3.63, 3.8) is 0 Å². The van der Waals surface area contributed by atoms with Gasteiger partial charge in [-0.2, -0.15) is 5.10 Å². The zero-order valence-corrected chi connectivity index (χ0v) is 11.7. The van der Waals surface area contributed by atoms with Crippen molar-refractivity contribution in [3.05, 3.63) is 65.7 Å². The van der Waals surface area contributed by atoms with Gasteiger partial charge in [0.2, 0.25) is 0 Å². The number of carbonyl (C=O) groups is 1. The van der Waals surface area contributed by atoms with Crippen molar-refractivity contribution in [3.8, 4) is 0 Å². The highest BCUT2D eigenvalue weighted by atomic mass is 16.3. The molecule has 0 aliphatic heterocycles. The summed E-state index contributed by atoms with van der Waals surface area (Å²) in [6, 6.07) is 15.8. The van der Waals surface area contributed by atoms with Crippen LogP contribution in [0.4, 0.5) is 5.69 Å². The van der Waals surface area contributed by atoms with Crippen LogP contribution in [0.5, 0.6) is 0 Å². The molecule has 1 unspecified atom stereocenters. The Bertz CT molecular complexity index is 636. The number of nitrogen functional groups attached to an aromatic ring is 1. The topological polar surface area (TPSA) is 87.7 Å². The summed E-state index contributed by atoms with van der Waals surface area (Å²) in [5.74, 6) is -0.573. The molecule has 0 aromatic heterocycles. The van der Waals surface area contributed by atoms with E-state index in [0.717, 1.165) is 5.56 Å². The summed E-state index contributed by atoms with van der Waals surface area (Å²) in [7, 11) is 0. The fourth-order valence-electron chi connectivity index (χ4n) is 1.78. The molecule has 21 heavy (non-hydrogen) atoms. The largest absolute Gasteiger partial charge is 0.399 e. The maximum absolute atomic E-state index is 11.8. The smallest absolute Gasteiger partial charge is 0.273 e. The van der Waals surface area contributed by atoms with Crippen LogP contribution in [0, 0.1) is 0 Å². The number of anilines is 1. The lowest BCUT2D eigenvalue weighted by Crippen LogP contribution is -2.26. The fraction of sp³-hybridized carbons (Fsp3) is 0.125. The first-order valence-electron chi connectivity index (χ1n) is 6.51. The molecule has 0 spiro atoms. The Morgan fingerprint density at radius 3 is 2.38 bits per heavy atom. The average molecular weight is 283 g/mol. The number of aliphatic hydroxyl groups excluding tert-OH is 1. The minimum absolute atomic E-state index is 0.523. The van der Waals surface area contributed by atoms with E-state index in [1.165, 1.54) is 0 Å². The van der Waals surface area contributed by atoms with Gasteiger partial charge < -0.3 is 10.8 Å². The third kappa shape index (κ3) is 3.90. The van der Waals surface area contributed by atoms with E-state index in [4.69, 9.17) is 5.73 Å². The maximum atomic E-state index is 11.8. The van der Waals surface area contributed by atoms with Gasteiger partial charge >= 0.3 is 0 Å². The van der Waals surface area contributed by atoms with Crippen molar-refractivity contribution < 1.29 is 9.90 Å². The number of benzene rings is 2. The lowest BCUT2D eigenvalue weighted by molar-refractivity contribution is -0.129. The monoisotopic (exact) mass is 283 g/mol. The summed E-state index contributed by atoms with van der Waals surface area (Å²) in [6.07, 6.45) is -1.24. The van der Waals surface area contributed by atoms with E-state index in [2.05, 4.69) is 10.5 Å². The Morgan fingerprint density at radius 2 is 1.76 bits per heavy atom. The van der Waals surface area contributed by atoms with E-state index < -0.39 is 12.0 Å². The number of carbonyl (C=O) groups excluding carboxylic acids is 1. The molecule has 4 N–H and O–H groups in total. The SMILES string of the molecule is CC(=NNC(=O)C(O)c1ccccc1)c1ccc(N)cc1. The van der Waals surface area contributed by atoms with E-state index in [1.54, 1.807) is 43.3 Å². The molecule has 0 saturated heterocycles. The van der Waals surface area contributed by atoms with Crippen LogP contribution in [0.25, 0.3) is 0 Å². The molecular formula is C16H17N3O2. The number of rotatable bonds is 4. The van der Waals surface area contributed by atoms with Gasteiger partial charge in [0.05, 0.1) is 5.71 Å². The molecule has 0 aliphatic rings. The summed E-state index contributed by atoms with van der Waals surface area (Å²) < 4.78 is 0. The van der Waals surface area contributed by atoms with Crippen LogP contribution in [0.15, 0.2) is 59.7 Å². The molecule has 0 aliphatic carbocycles. The van der Waals surface area contributed by atoms with E-state index in [1.807, 2.05) is 18.2 Å². The Kier molecular flexibility index (Phi) is 4.68. The Balaban J connectivity index is 2.03. The number of nitrogens with one attached hydrogen (secondary N) is 1. The zero-order chi connectivity index (χ0) is 15.2. The summed E-state index contributed by atoms with van der Waals surface area (Å²) in [5.41, 5.74) is 10.6. The number of nitrogens with zero attached hydrogens (tertiary/aromatic N) is 1. The molecule has 0 bridgehead atoms. The third-order valence-corrected chi connectivity index (χ3v) is 3.03. The highest BCUT2D eigenvalue weighted by molar-refractivity contribution is 5.99. The van der Waals surface area contributed by atoms with Gasteiger partial charge in [-0.15, -0.1) is 0 Å². The third-order valence-electron chi connectivity index (χ3n) is 3.03. The van der Waals surface area contributed by atoms with Crippen LogP contribution in [-0.2, 0) is 4.79 Å². The summed E-state index contributed by atoms with van der Waals surface area (Å²) in [5, 5.41) is 13.9. The number of aliphatic hydroxyl groups is 1. The number of amides is 1. The second-order valence-corrected chi connectivity index (χ2v) is 4.61. The summed E-state index contributed by atoms with van der Waals surface area (Å²) >= 11 is 0. The molecule has 5 heteroatoms. The van der Waals surface area contributed by atoms with E-state index in [9.17, 15) is 9.90 Å². The van der Waals surface area contributed by atoms with Gasteiger partial charge in [-0.3, -0.25) is 4.79 Å². The van der Waals surface area contributed by atoms with Crippen LogP contribution in [0.2, 0.25) is 0 Å². The molecule has 2 rings (SSSR count). The quantitative estimate of drug-likeness (QED) is 0.454. The van der Waals surface area contributed by atoms with E-state index in [0.29, 0.717) is 17.0 Å². The Hall–Kier alpha value is -2.66. The molecule has 108 valence electrons. The first-order valence-corrected chi connectivity index (χ1v) is 6.51. The van der Waals surface area contributed by atoms with Gasteiger partial charge in [0.15, 0.2) is 6.10 Å². The number of hydrogen-bond acceptors (Lipinski definition) is 4. The van der Waals surface area contributed by atoms with Gasteiger partial charge in [0.25, 0.3) is 5.91 Å². The van der Waals surface area contributed by atoms with Gasteiger partial charge in [-0.25, -0.2) is 5.43 Å². The normalized spacial score (nSPS) is 12.8. The number of hydrazone groups is 1. The standard InChI is InChI=1S/C16H17N3O2/c1-11(12-7-9-14(17)10-8-12)18-19-16(21)15(20)13-5-3-2-4-6-13/h2-10,15,20H,17H2,1H3,(H,19,21). The minimum Gasteiger partial charge on any atom is -0.399 e. The Labute approximate surface area is 123 Å². The van der Waals surface area contributed by atoms with Crippen molar-refractivity contribution in [1.29, 1.82) is 0 Å². The van der Waals surface area contributed by atoms with Crippen LogP contribution >= 0.6 is 0 Å². The van der Waals surface area contributed by atoms with Crippen LogP contribution in [0.1, 0.15) is 24.2 Å². The highest BCUT2D eigenvalue weighted by Crippen LogP contribution is 2.12. The number of nitrogens with two attached hydrogens (primary N) is 1. The fourth-order valence-corrected chi connectivity index (χ4v) is 1.78. The van der Waals surface area contributed by atoms with Crippen molar-refractivity contribution >= 4 is 17.3 Å². The van der Waals surface area contributed by atoms with Gasteiger partial charge in [-0.1, -0.05) is 42.5 Å². The van der Waals surface area contributed by atoms with Crippen LogP contribution < -0.4 is 11.2 Å². The Morgan fingerprint density at radius 1 is 1.14 bits per heavy atom. The second-order valence-electron chi connectivity index (χ2n) is 4.61. The first-order chi connectivity index (χ1) is 10.1. The van der Waals surface area contributed by atoms with Crippen molar-refractivity contribution in [2.45, 2.75) is 13.0 Å². The van der Waals surface area contributed by atoms with Gasteiger partial charge in [-0.05, 0) is 30.2 Å². The van der Waals surface area contributed by atoms with E-state index in [-0.39, 0.29) is 0 Å².